The summed E-state index contributed by atoms with van der Waals surface area (Å²) in [5.74, 6) is -0.0310. The summed E-state index contributed by atoms with van der Waals surface area (Å²) < 4.78 is 1.74. The molecule has 0 aliphatic carbocycles. The number of amides is 1. The maximum atomic E-state index is 12.0. The monoisotopic (exact) mass is 291 g/mol. The molecule has 0 saturated carbocycles. The van der Waals surface area contributed by atoms with E-state index in [2.05, 4.69) is 15.1 Å². The van der Waals surface area contributed by atoms with E-state index >= 15 is 0 Å². The summed E-state index contributed by atoms with van der Waals surface area (Å²) in [7, 11) is 1.78. The summed E-state index contributed by atoms with van der Waals surface area (Å²) in [4.78, 5) is 22.3. The predicted octanol–water partition coefficient (Wildman–Crippen LogP) is 1.91. The first-order valence-electron chi connectivity index (χ1n) is 6.93. The van der Waals surface area contributed by atoms with Gasteiger partial charge in [0.15, 0.2) is 0 Å². The SMILES string of the molecule is CN1Cc2ccc(-c3cnn(-c4cccnc4)c3)nc2C1=O. The Hall–Kier alpha value is -3.02. The third kappa shape index (κ3) is 1.96. The molecule has 22 heavy (non-hydrogen) atoms. The molecule has 1 amide bonds. The zero-order valence-corrected chi connectivity index (χ0v) is 12.0. The fourth-order valence-corrected chi connectivity index (χ4v) is 2.56. The van der Waals surface area contributed by atoms with Gasteiger partial charge in [-0.25, -0.2) is 9.67 Å². The molecule has 0 N–H and O–H groups in total. The van der Waals surface area contributed by atoms with E-state index in [0.29, 0.717) is 12.2 Å². The summed E-state index contributed by atoms with van der Waals surface area (Å²) in [5.41, 5.74) is 4.00. The number of aromatic nitrogens is 4. The molecular weight excluding hydrogens is 278 g/mol. The molecule has 1 aliphatic rings. The largest absolute Gasteiger partial charge is 0.336 e. The van der Waals surface area contributed by atoms with Crippen LogP contribution in [-0.4, -0.2) is 37.6 Å². The Labute approximate surface area is 127 Å². The van der Waals surface area contributed by atoms with Crippen molar-refractivity contribution in [3.63, 3.8) is 0 Å². The lowest BCUT2D eigenvalue weighted by Gasteiger charge is -2.04. The van der Waals surface area contributed by atoms with Gasteiger partial charge in [0.2, 0.25) is 0 Å². The van der Waals surface area contributed by atoms with Crippen LogP contribution in [0.2, 0.25) is 0 Å². The van der Waals surface area contributed by atoms with Crippen molar-refractivity contribution in [3.05, 3.63) is 60.3 Å². The van der Waals surface area contributed by atoms with Gasteiger partial charge in [0.05, 0.1) is 23.8 Å². The van der Waals surface area contributed by atoms with Gasteiger partial charge in [-0.3, -0.25) is 9.78 Å². The fourth-order valence-electron chi connectivity index (χ4n) is 2.56. The molecular formula is C16H13N5O. The molecule has 0 bridgehead atoms. The van der Waals surface area contributed by atoms with Gasteiger partial charge in [-0.2, -0.15) is 5.10 Å². The van der Waals surface area contributed by atoms with Crippen LogP contribution >= 0.6 is 0 Å². The molecule has 108 valence electrons. The van der Waals surface area contributed by atoms with Crippen LogP contribution in [0.15, 0.2) is 49.1 Å². The average molecular weight is 291 g/mol. The van der Waals surface area contributed by atoms with Crippen LogP contribution in [0.25, 0.3) is 16.9 Å². The van der Waals surface area contributed by atoms with Gasteiger partial charge in [0.25, 0.3) is 5.91 Å². The number of fused-ring (bicyclic) bond motifs is 1. The van der Waals surface area contributed by atoms with E-state index in [1.807, 2.05) is 30.5 Å². The first kappa shape index (κ1) is 12.7. The van der Waals surface area contributed by atoms with Gasteiger partial charge in [0, 0.05) is 37.1 Å². The van der Waals surface area contributed by atoms with Crippen molar-refractivity contribution in [3.8, 4) is 16.9 Å². The van der Waals surface area contributed by atoms with Crippen molar-refractivity contribution in [1.82, 2.24) is 24.6 Å². The standard InChI is InChI=1S/C16H13N5O/c1-20-9-11-4-5-14(19-15(11)16(20)22)12-7-18-21(10-12)13-3-2-6-17-8-13/h2-8,10H,9H2,1H3. The number of hydrogen-bond acceptors (Lipinski definition) is 4. The molecule has 0 unspecified atom stereocenters. The molecule has 3 aromatic heterocycles. The van der Waals surface area contributed by atoms with Crippen molar-refractivity contribution in [2.24, 2.45) is 0 Å². The molecule has 4 rings (SSSR count). The Bertz CT molecular complexity index is 856. The topological polar surface area (TPSA) is 63.9 Å². The van der Waals surface area contributed by atoms with Gasteiger partial charge in [0.1, 0.15) is 5.69 Å². The van der Waals surface area contributed by atoms with Crippen molar-refractivity contribution in [2.45, 2.75) is 6.54 Å². The molecule has 6 heteroatoms. The zero-order chi connectivity index (χ0) is 15.1. The van der Waals surface area contributed by atoms with E-state index in [-0.39, 0.29) is 5.91 Å². The van der Waals surface area contributed by atoms with Gasteiger partial charge in [-0.15, -0.1) is 0 Å². The molecule has 0 fully saturated rings. The summed E-state index contributed by atoms with van der Waals surface area (Å²) in [6, 6.07) is 7.67. The van der Waals surface area contributed by atoms with Crippen LogP contribution in [-0.2, 0) is 6.54 Å². The molecule has 0 saturated heterocycles. The molecule has 6 nitrogen and oxygen atoms in total. The molecule has 3 aromatic rings. The fraction of sp³-hybridized carbons (Fsp3) is 0.125. The van der Waals surface area contributed by atoms with Crippen molar-refractivity contribution < 1.29 is 4.79 Å². The highest BCUT2D eigenvalue weighted by Crippen LogP contribution is 2.24. The molecule has 0 atom stereocenters. The third-order valence-electron chi connectivity index (χ3n) is 3.72. The molecule has 4 heterocycles. The minimum Gasteiger partial charge on any atom is -0.336 e. The number of nitrogens with zero attached hydrogens (tertiary/aromatic N) is 5. The second kappa shape index (κ2) is 4.77. The highest BCUT2D eigenvalue weighted by atomic mass is 16.2. The van der Waals surface area contributed by atoms with Crippen molar-refractivity contribution in [1.29, 1.82) is 0 Å². The van der Waals surface area contributed by atoms with Gasteiger partial charge < -0.3 is 4.90 Å². The van der Waals surface area contributed by atoms with E-state index in [0.717, 1.165) is 22.5 Å². The highest BCUT2D eigenvalue weighted by Gasteiger charge is 2.26. The summed E-state index contributed by atoms with van der Waals surface area (Å²) >= 11 is 0. The maximum absolute atomic E-state index is 12.0. The lowest BCUT2D eigenvalue weighted by atomic mass is 10.1. The second-order valence-electron chi connectivity index (χ2n) is 5.25. The minimum atomic E-state index is -0.0310. The lowest BCUT2D eigenvalue weighted by Crippen LogP contribution is -2.18. The summed E-state index contributed by atoms with van der Waals surface area (Å²) in [6.07, 6.45) is 7.09. The van der Waals surface area contributed by atoms with E-state index in [9.17, 15) is 4.79 Å². The van der Waals surface area contributed by atoms with Gasteiger partial charge in [-0.1, -0.05) is 6.07 Å². The van der Waals surface area contributed by atoms with Crippen molar-refractivity contribution in [2.75, 3.05) is 7.05 Å². The van der Waals surface area contributed by atoms with Crippen molar-refractivity contribution >= 4 is 5.91 Å². The van der Waals surface area contributed by atoms with E-state index in [1.165, 1.54) is 0 Å². The summed E-state index contributed by atoms with van der Waals surface area (Å²) in [5, 5.41) is 4.33. The normalized spacial score (nSPS) is 13.5. The van der Waals surface area contributed by atoms with Crippen LogP contribution in [0.1, 0.15) is 16.1 Å². The zero-order valence-electron chi connectivity index (χ0n) is 12.0. The number of rotatable bonds is 2. The Balaban J connectivity index is 1.72. The van der Waals surface area contributed by atoms with Gasteiger partial charge >= 0.3 is 0 Å². The Morgan fingerprint density at radius 1 is 1.18 bits per heavy atom. The first-order chi connectivity index (χ1) is 10.7. The molecule has 0 aromatic carbocycles. The van der Waals surface area contributed by atoms with Crippen LogP contribution in [0.4, 0.5) is 0 Å². The third-order valence-corrected chi connectivity index (χ3v) is 3.72. The van der Waals surface area contributed by atoms with E-state index < -0.39 is 0 Å². The quantitative estimate of drug-likeness (QED) is 0.723. The predicted molar refractivity (Wildman–Crippen MR) is 80.4 cm³/mol. The van der Waals surface area contributed by atoms with Crippen LogP contribution < -0.4 is 0 Å². The van der Waals surface area contributed by atoms with Crippen LogP contribution in [0, 0.1) is 0 Å². The molecule has 0 spiro atoms. The Morgan fingerprint density at radius 3 is 2.91 bits per heavy atom. The average Bonchev–Trinajstić information content (AvgIpc) is 3.14. The Morgan fingerprint density at radius 2 is 2.09 bits per heavy atom. The minimum absolute atomic E-state index is 0.0310. The van der Waals surface area contributed by atoms with E-state index in [1.54, 1.807) is 35.2 Å². The number of carbonyl (C=O) groups is 1. The molecule has 0 radical (unpaired) electrons. The smallest absolute Gasteiger partial charge is 0.272 e. The Kier molecular flexibility index (Phi) is 2.75. The lowest BCUT2D eigenvalue weighted by molar-refractivity contribution is 0.0812. The number of pyridine rings is 2. The summed E-state index contributed by atoms with van der Waals surface area (Å²) in [6.45, 7) is 0.621. The first-order valence-corrected chi connectivity index (χ1v) is 6.93. The number of carbonyl (C=O) groups excluding carboxylic acids is 1. The molecule has 1 aliphatic heterocycles. The second-order valence-corrected chi connectivity index (χ2v) is 5.25. The highest BCUT2D eigenvalue weighted by molar-refractivity contribution is 5.96. The van der Waals surface area contributed by atoms with E-state index in [4.69, 9.17) is 0 Å². The van der Waals surface area contributed by atoms with Gasteiger partial charge in [-0.05, 0) is 18.2 Å². The van der Waals surface area contributed by atoms with Crippen LogP contribution in [0.3, 0.4) is 0 Å². The maximum Gasteiger partial charge on any atom is 0.272 e. The van der Waals surface area contributed by atoms with Crippen LogP contribution in [0.5, 0.6) is 0 Å². The number of hydrogen-bond donors (Lipinski definition) is 0.